The molecule has 1 N–H and O–H groups in total. The Balaban J connectivity index is 1.59. The van der Waals surface area contributed by atoms with Gasteiger partial charge in [-0.3, -0.25) is 14.9 Å². The van der Waals surface area contributed by atoms with Crippen LogP contribution in [0.2, 0.25) is 0 Å². The second-order valence-electron chi connectivity index (χ2n) is 9.19. The van der Waals surface area contributed by atoms with Crippen molar-refractivity contribution in [3.8, 4) is 11.5 Å². The number of rotatable bonds is 7. The van der Waals surface area contributed by atoms with Gasteiger partial charge in [0, 0.05) is 12.1 Å². The highest BCUT2D eigenvalue weighted by Crippen LogP contribution is 2.61. The van der Waals surface area contributed by atoms with Crippen LogP contribution in [0.3, 0.4) is 0 Å². The molecule has 0 saturated heterocycles. The molecule has 1 aromatic rings. The average Bonchev–Trinajstić information content (AvgIpc) is 2.66. The van der Waals surface area contributed by atoms with Crippen molar-refractivity contribution >= 4 is 11.6 Å². The highest BCUT2D eigenvalue weighted by Gasteiger charge is 2.53. The van der Waals surface area contributed by atoms with Crippen molar-refractivity contribution in [2.45, 2.75) is 58.4 Å². The van der Waals surface area contributed by atoms with E-state index < -0.39 is 10.8 Å². The van der Waals surface area contributed by atoms with Crippen molar-refractivity contribution in [2.24, 2.45) is 23.2 Å². The van der Waals surface area contributed by atoms with Crippen LogP contribution in [0.25, 0.3) is 0 Å². The van der Waals surface area contributed by atoms with Gasteiger partial charge in [-0.15, -0.1) is 0 Å². The quantitative estimate of drug-likeness (QED) is 0.541. The molecule has 4 aliphatic carbocycles. The molecule has 29 heavy (non-hydrogen) atoms. The molecule has 158 valence electrons. The lowest BCUT2D eigenvalue weighted by molar-refractivity contribution is -0.385. The summed E-state index contributed by atoms with van der Waals surface area (Å²) in [6, 6.07) is 2.69. The number of hydrogen-bond acceptors (Lipinski definition) is 5. The molecule has 0 heterocycles. The molecule has 0 spiro atoms. The van der Waals surface area contributed by atoms with E-state index in [1.807, 2.05) is 6.92 Å². The van der Waals surface area contributed by atoms with Gasteiger partial charge in [0.1, 0.15) is 5.56 Å². The molecule has 1 aromatic carbocycles. The number of amides is 1. The molecule has 0 radical (unpaired) electrons. The molecule has 1 atom stereocenters. The minimum Gasteiger partial charge on any atom is -0.493 e. The van der Waals surface area contributed by atoms with Crippen molar-refractivity contribution in [1.29, 1.82) is 0 Å². The summed E-state index contributed by atoms with van der Waals surface area (Å²) < 4.78 is 10.7. The summed E-state index contributed by atoms with van der Waals surface area (Å²) in [5, 5.41) is 14.7. The maximum atomic E-state index is 13.1. The largest absolute Gasteiger partial charge is 0.493 e. The van der Waals surface area contributed by atoms with Crippen LogP contribution in [0.15, 0.2) is 12.1 Å². The number of nitro benzene ring substituents is 1. The number of nitro groups is 1. The van der Waals surface area contributed by atoms with Gasteiger partial charge in [-0.25, -0.2) is 0 Å². The number of hydrogen-bond donors (Lipinski definition) is 1. The van der Waals surface area contributed by atoms with Gasteiger partial charge in [-0.1, -0.05) is 0 Å². The molecule has 4 bridgehead atoms. The zero-order chi connectivity index (χ0) is 20.8. The number of methoxy groups -OCH3 is 1. The molecule has 7 heteroatoms. The first-order valence-electron chi connectivity index (χ1n) is 10.6. The second-order valence-corrected chi connectivity index (χ2v) is 9.19. The summed E-state index contributed by atoms with van der Waals surface area (Å²) in [6.45, 7) is 4.26. The fraction of sp³-hybridized carbons (Fsp3) is 0.682. The summed E-state index contributed by atoms with van der Waals surface area (Å²) in [6.07, 6.45) is 7.49. The first-order chi connectivity index (χ1) is 13.8. The molecular weight excluding hydrogens is 372 g/mol. The van der Waals surface area contributed by atoms with Crippen LogP contribution in [0.5, 0.6) is 11.5 Å². The molecule has 4 fully saturated rings. The van der Waals surface area contributed by atoms with E-state index in [1.54, 1.807) is 0 Å². The SMILES string of the molecule is CCOc1cc(C(=O)N[C@@H](C)C23CC4CC(CC(C4)C2)C3)c([N+](=O)[O-])cc1OC. The Bertz CT molecular complexity index is 786. The summed E-state index contributed by atoms with van der Waals surface area (Å²) in [4.78, 5) is 24.2. The van der Waals surface area contributed by atoms with Crippen LogP contribution in [-0.2, 0) is 0 Å². The number of nitrogens with zero attached hydrogens (tertiary/aromatic N) is 1. The Morgan fingerprint density at radius 1 is 1.21 bits per heavy atom. The fourth-order valence-corrected chi connectivity index (χ4v) is 6.45. The third-order valence-electron chi connectivity index (χ3n) is 7.37. The van der Waals surface area contributed by atoms with E-state index in [4.69, 9.17) is 9.47 Å². The molecule has 4 saturated carbocycles. The lowest BCUT2D eigenvalue weighted by Gasteiger charge is -2.59. The number of carbonyl (C=O) groups excluding carboxylic acids is 1. The van der Waals surface area contributed by atoms with Gasteiger partial charge in [0.25, 0.3) is 11.6 Å². The molecule has 0 aliphatic heterocycles. The highest BCUT2D eigenvalue weighted by molar-refractivity contribution is 5.99. The third-order valence-corrected chi connectivity index (χ3v) is 7.37. The van der Waals surface area contributed by atoms with Crippen molar-refractivity contribution in [1.82, 2.24) is 5.32 Å². The zero-order valence-corrected chi connectivity index (χ0v) is 17.4. The first kappa shape index (κ1) is 20.0. The number of nitrogens with one attached hydrogen (secondary N) is 1. The van der Waals surface area contributed by atoms with Gasteiger partial charge in [0.15, 0.2) is 11.5 Å². The summed E-state index contributed by atoms with van der Waals surface area (Å²) >= 11 is 0. The smallest absolute Gasteiger partial charge is 0.286 e. The lowest BCUT2D eigenvalue weighted by Crippen LogP contribution is -2.55. The molecule has 0 unspecified atom stereocenters. The molecule has 4 aliphatic rings. The van der Waals surface area contributed by atoms with E-state index >= 15 is 0 Å². The van der Waals surface area contributed by atoms with E-state index in [0.29, 0.717) is 12.4 Å². The van der Waals surface area contributed by atoms with Gasteiger partial charge in [-0.2, -0.15) is 0 Å². The molecule has 0 aromatic heterocycles. The predicted molar refractivity (Wildman–Crippen MR) is 108 cm³/mol. The summed E-state index contributed by atoms with van der Waals surface area (Å²) in [5.74, 6) is 2.52. The van der Waals surface area contributed by atoms with E-state index in [9.17, 15) is 14.9 Å². The Labute approximate surface area is 171 Å². The zero-order valence-electron chi connectivity index (χ0n) is 17.4. The van der Waals surface area contributed by atoms with Crippen LogP contribution < -0.4 is 14.8 Å². The number of ether oxygens (including phenoxy) is 2. The van der Waals surface area contributed by atoms with Crippen LogP contribution >= 0.6 is 0 Å². The minimum absolute atomic E-state index is 0.0133. The maximum absolute atomic E-state index is 13.1. The number of benzene rings is 1. The van der Waals surface area contributed by atoms with Gasteiger partial charge in [-0.05, 0) is 75.5 Å². The van der Waals surface area contributed by atoms with Crippen molar-refractivity contribution in [2.75, 3.05) is 13.7 Å². The fourth-order valence-electron chi connectivity index (χ4n) is 6.45. The molecule has 7 nitrogen and oxygen atoms in total. The summed E-state index contributed by atoms with van der Waals surface area (Å²) in [7, 11) is 1.43. The topological polar surface area (TPSA) is 90.7 Å². The standard InChI is InChI=1S/C22H30N2O5/c1-4-29-20-8-17(18(24(26)27)9-19(20)28-3)21(25)23-13(2)22-10-14-5-15(11-22)7-16(6-14)12-22/h8-9,13-16H,4-7,10-12H2,1-3H3,(H,23,25)/t13-,14?,15?,16?,22?/m0/s1. The molecular formula is C22H30N2O5. The Morgan fingerprint density at radius 2 is 1.79 bits per heavy atom. The monoisotopic (exact) mass is 402 g/mol. The molecule has 1 amide bonds. The normalized spacial score (nSPS) is 30.7. The van der Waals surface area contributed by atoms with Gasteiger partial charge >= 0.3 is 0 Å². The van der Waals surface area contributed by atoms with Crippen molar-refractivity contribution in [3.63, 3.8) is 0 Å². The Kier molecular flexibility index (Phi) is 5.17. The van der Waals surface area contributed by atoms with E-state index in [0.717, 1.165) is 37.0 Å². The van der Waals surface area contributed by atoms with Crippen LogP contribution in [0.1, 0.15) is 62.7 Å². The Hall–Kier alpha value is -2.31. The number of carbonyl (C=O) groups is 1. The van der Waals surface area contributed by atoms with E-state index in [-0.39, 0.29) is 28.5 Å². The van der Waals surface area contributed by atoms with Gasteiger partial charge in [0.2, 0.25) is 0 Å². The molecule has 5 rings (SSSR count). The maximum Gasteiger partial charge on any atom is 0.286 e. The van der Waals surface area contributed by atoms with Crippen LogP contribution in [0, 0.1) is 33.3 Å². The first-order valence-corrected chi connectivity index (χ1v) is 10.6. The minimum atomic E-state index is -0.539. The lowest BCUT2D eigenvalue weighted by atomic mass is 9.48. The second kappa shape index (κ2) is 7.50. The van der Waals surface area contributed by atoms with Crippen LogP contribution in [-0.4, -0.2) is 30.6 Å². The van der Waals surface area contributed by atoms with Gasteiger partial charge < -0.3 is 14.8 Å². The van der Waals surface area contributed by atoms with Crippen molar-refractivity contribution in [3.05, 3.63) is 27.8 Å². The average molecular weight is 402 g/mol. The van der Waals surface area contributed by atoms with E-state index in [1.165, 1.54) is 38.5 Å². The van der Waals surface area contributed by atoms with Gasteiger partial charge in [0.05, 0.1) is 24.7 Å². The van der Waals surface area contributed by atoms with E-state index in [2.05, 4.69) is 12.2 Å². The van der Waals surface area contributed by atoms with Crippen molar-refractivity contribution < 1.29 is 19.2 Å². The Morgan fingerprint density at radius 3 is 2.28 bits per heavy atom. The summed E-state index contributed by atoms with van der Waals surface area (Å²) in [5.41, 5.74) is -0.106. The van der Waals surface area contributed by atoms with Crippen LogP contribution in [0.4, 0.5) is 5.69 Å². The highest BCUT2D eigenvalue weighted by atomic mass is 16.6. The predicted octanol–water partition coefficient (Wildman–Crippen LogP) is 4.34. The third kappa shape index (κ3) is 3.55.